The molecule has 0 saturated carbocycles. The molecular weight excluding hydrogens is 232 g/mol. The zero-order valence-electron chi connectivity index (χ0n) is 12.1. The third kappa shape index (κ3) is 3.67. The first-order valence-electron chi connectivity index (χ1n) is 6.50. The molecule has 0 radical (unpaired) electrons. The maximum atomic E-state index is 11.3. The molecule has 2 atom stereocenters. The fourth-order valence-corrected chi connectivity index (χ4v) is 2.45. The third-order valence-corrected chi connectivity index (χ3v) is 3.81. The Morgan fingerprint density at radius 3 is 2.67 bits per heavy atom. The topological polar surface area (TPSA) is 61.8 Å². The largest absolute Gasteiger partial charge is 0.480 e. The molecule has 5 nitrogen and oxygen atoms in total. The quantitative estimate of drug-likeness (QED) is 0.768. The Balaban J connectivity index is 2.64. The maximum Gasteiger partial charge on any atom is 0.323 e. The first-order chi connectivity index (χ1) is 8.20. The van der Waals surface area contributed by atoms with Crippen LogP contribution in [0.4, 0.5) is 0 Å². The van der Waals surface area contributed by atoms with E-state index in [0.717, 1.165) is 13.1 Å². The molecule has 1 fully saturated rings. The molecule has 5 heteroatoms. The number of rotatable bonds is 5. The van der Waals surface area contributed by atoms with Crippen molar-refractivity contribution in [1.29, 1.82) is 0 Å². The summed E-state index contributed by atoms with van der Waals surface area (Å²) in [6.07, 6.45) is 0.578. The summed E-state index contributed by atoms with van der Waals surface area (Å²) in [5.74, 6) is -0.802. The van der Waals surface area contributed by atoms with Crippen molar-refractivity contribution in [3.63, 3.8) is 0 Å². The van der Waals surface area contributed by atoms with Gasteiger partial charge in [0.05, 0.1) is 12.2 Å². The predicted octanol–water partition coefficient (Wildman–Crippen LogP) is 0.939. The second-order valence-electron chi connectivity index (χ2n) is 6.02. The van der Waals surface area contributed by atoms with E-state index in [1.54, 1.807) is 14.0 Å². The number of morpholine rings is 1. The highest BCUT2D eigenvalue weighted by atomic mass is 16.5. The Bertz CT molecular complexity index is 307. The minimum atomic E-state index is -0.873. The Morgan fingerprint density at radius 2 is 2.22 bits per heavy atom. The normalized spacial score (nSPS) is 25.4. The molecule has 0 bridgehead atoms. The summed E-state index contributed by atoms with van der Waals surface area (Å²) >= 11 is 0. The van der Waals surface area contributed by atoms with E-state index in [9.17, 15) is 9.90 Å². The van der Waals surface area contributed by atoms with E-state index in [2.05, 4.69) is 31.0 Å². The summed E-state index contributed by atoms with van der Waals surface area (Å²) in [5, 5.41) is 12.2. The number of likely N-dealkylation sites (N-methyl/N-ethyl adjacent to an activating group) is 1. The van der Waals surface area contributed by atoms with Crippen LogP contribution < -0.4 is 5.32 Å². The maximum absolute atomic E-state index is 11.3. The number of aliphatic carboxylic acids is 1. The van der Waals surface area contributed by atoms with E-state index in [1.165, 1.54) is 0 Å². The molecule has 0 spiro atoms. The van der Waals surface area contributed by atoms with Crippen LogP contribution in [0.25, 0.3) is 0 Å². The van der Waals surface area contributed by atoms with Gasteiger partial charge in [-0.15, -0.1) is 0 Å². The predicted molar refractivity (Wildman–Crippen MR) is 70.8 cm³/mol. The molecule has 106 valence electrons. The van der Waals surface area contributed by atoms with Crippen molar-refractivity contribution < 1.29 is 14.6 Å². The fourth-order valence-electron chi connectivity index (χ4n) is 2.45. The van der Waals surface area contributed by atoms with E-state index in [4.69, 9.17) is 4.74 Å². The lowest BCUT2D eigenvalue weighted by Gasteiger charge is -2.42. The van der Waals surface area contributed by atoms with Crippen LogP contribution in [-0.2, 0) is 9.53 Å². The van der Waals surface area contributed by atoms with Gasteiger partial charge in [-0.05, 0) is 41.2 Å². The van der Waals surface area contributed by atoms with Crippen molar-refractivity contribution in [3.05, 3.63) is 0 Å². The van der Waals surface area contributed by atoms with E-state index < -0.39 is 11.5 Å². The van der Waals surface area contributed by atoms with Gasteiger partial charge in [-0.25, -0.2) is 0 Å². The zero-order chi connectivity index (χ0) is 14.0. The smallest absolute Gasteiger partial charge is 0.323 e. The highest BCUT2D eigenvalue weighted by Gasteiger charge is 2.37. The molecule has 0 aromatic carbocycles. The van der Waals surface area contributed by atoms with Gasteiger partial charge in [0.25, 0.3) is 0 Å². The summed E-state index contributed by atoms with van der Waals surface area (Å²) in [5.41, 5.74) is -1.02. The zero-order valence-corrected chi connectivity index (χ0v) is 12.1. The van der Waals surface area contributed by atoms with Crippen LogP contribution in [0, 0.1) is 0 Å². The lowest BCUT2D eigenvalue weighted by atomic mass is 9.92. The lowest BCUT2D eigenvalue weighted by Crippen LogP contribution is -2.56. The summed E-state index contributed by atoms with van der Waals surface area (Å²) in [4.78, 5) is 13.6. The van der Waals surface area contributed by atoms with Crippen LogP contribution in [0.1, 0.15) is 34.1 Å². The summed E-state index contributed by atoms with van der Waals surface area (Å²) in [6.45, 7) is 10.4. The second-order valence-corrected chi connectivity index (χ2v) is 6.02. The molecule has 1 rings (SSSR count). The fraction of sp³-hybridized carbons (Fsp3) is 0.923. The van der Waals surface area contributed by atoms with Gasteiger partial charge in [-0.2, -0.15) is 0 Å². The standard InChI is InChI=1S/C13H26N2O3/c1-10(8-13(4,14-5)11(16)17)15-6-7-18-12(2,3)9-15/h10,14H,6-9H2,1-5H3,(H,16,17). The average Bonchev–Trinajstić information content (AvgIpc) is 2.27. The van der Waals surface area contributed by atoms with Gasteiger partial charge in [0, 0.05) is 19.1 Å². The van der Waals surface area contributed by atoms with Gasteiger partial charge in [-0.3, -0.25) is 9.69 Å². The van der Waals surface area contributed by atoms with Crippen molar-refractivity contribution in [3.8, 4) is 0 Å². The third-order valence-electron chi connectivity index (χ3n) is 3.81. The van der Waals surface area contributed by atoms with E-state index in [-0.39, 0.29) is 11.6 Å². The first-order valence-corrected chi connectivity index (χ1v) is 6.50. The molecular formula is C13H26N2O3. The summed E-state index contributed by atoms with van der Waals surface area (Å²) in [7, 11) is 1.70. The molecule has 2 N–H and O–H groups in total. The molecule has 0 amide bonds. The van der Waals surface area contributed by atoms with Gasteiger partial charge >= 0.3 is 5.97 Å². The Morgan fingerprint density at radius 1 is 1.61 bits per heavy atom. The monoisotopic (exact) mass is 258 g/mol. The van der Waals surface area contributed by atoms with Gasteiger partial charge in [0.2, 0.25) is 0 Å². The van der Waals surface area contributed by atoms with Gasteiger partial charge in [0.15, 0.2) is 0 Å². The number of nitrogens with one attached hydrogen (secondary N) is 1. The summed E-state index contributed by atoms with van der Waals surface area (Å²) in [6, 6.07) is 0.210. The van der Waals surface area contributed by atoms with Crippen molar-refractivity contribution in [2.45, 2.75) is 51.3 Å². The van der Waals surface area contributed by atoms with Crippen LogP contribution >= 0.6 is 0 Å². The number of nitrogens with zero attached hydrogens (tertiary/aromatic N) is 1. The Hall–Kier alpha value is -0.650. The number of carboxylic acid groups (broad SMARTS) is 1. The minimum absolute atomic E-state index is 0.147. The molecule has 18 heavy (non-hydrogen) atoms. The number of ether oxygens (including phenoxy) is 1. The van der Waals surface area contributed by atoms with Crippen molar-refractivity contribution in [2.24, 2.45) is 0 Å². The van der Waals surface area contributed by atoms with Crippen molar-refractivity contribution in [2.75, 3.05) is 26.7 Å². The Labute approximate surface area is 109 Å². The van der Waals surface area contributed by atoms with Crippen LogP contribution in [0.3, 0.4) is 0 Å². The molecule has 1 saturated heterocycles. The first kappa shape index (κ1) is 15.4. The lowest BCUT2D eigenvalue weighted by molar-refractivity contribution is -0.145. The molecule has 0 aromatic rings. The average molecular weight is 258 g/mol. The number of carbonyl (C=O) groups is 1. The van der Waals surface area contributed by atoms with Crippen molar-refractivity contribution in [1.82, 2.24) is 10.2 Å². The van der Waals surface area contributed by atoms with Crippen LogP contribution in [-0.4, -0.2) is 59.9 Å². The minimum Gasteiger partial charge on any atom is -0.480 e. The number of carboxylic acids is 1. The van der Waals surface area contributed by atoms with Crippen molar-refractivity contribution >= 4 is 5.97 Å². The van der Waals surface area contributed by atoms with E-state index in [1.807, 2.05) is 0 Å². The highest BCUT2D eigenvalue weighted by molar-refractivity contribution is 5.78. The molecule has 2 unspecified atom stereocenters. The highest BCUT2D eigenvalue weighted by Crippen LogP contribution is 2.22. The van der Waals surface area contributed by atoms with Gasteiger partial charge < -0.3 is 15.2 Å². The number of hydrogen-bond donors (Lipinski definition) is 2. The molecule has 1 aliphatic heterocycles. The Kier molecular flexibility index (Phi) is 4.75. The van der Waals surface area contributed by atoms with Crippen LogP contribution in [0.5, 0.6) is 0 Å². The number of hydrogen-bond acceptors (Lipinski definition) is 4. The van der Waals surface area contributed by atoms with E-state index in [0.29, 0.717) is 13.0 Å². The molecule has 0 aliphatic carbocycles. The van der Waals surface area contributed by atoms with Crippen LogP contribution in [0.2, 0.25) is 0 Å². The molecule has 1 aliphatic rings. The molecule has 0 aromatic heterocycles. The van der Waals surface area contributed by atoms with Crippen LogP contribution in [0.15, 0.2) is 0 Å². The second kappa shape index (κ2) is 5.55. The SMILES string of the molecule is CNC(C)(CC(C)N1CCOC(C)(C)C1)C(=O)O. The van der Waals surface area contributed by atoms with Gasteiger partial charge in [0.1, 0.15) is 5.54 Å². The molecule has 1 heterocycles. The van der Waals surface area contributed by atoms with E-state index >= 15 is 0 Å². The summed E-state index contributed by atoms with van der Waals surface area (Å²) < 4.78 is 5.68. The van der Waals surface area contributed by atoms with Gasteiger partial charge in [-0.1, -0.05) is 0 Å².